The van der Waals surface area contributed by atoms with Crippen LogP contribution in [0, 0.1) is 6.92 Å². The summed E-state index contributed by atoms with van der Waals surface area (Å²) in [5.74, 6) is -2.20. The molecule has 136 valence electrons. The Hall–Kier alpha value is -3.55. The number of amides is 2. The van der Waals surface area contributed by atoms with Gasteiger partial charge in [-0.05, 0) is 31.0 Å². The quantitative estimate of drug-likeness (QED) is 0.657. The molecule has 3 aromatic rings. The van der Waals surface area contributed by atoms with Gasteiger partial charge in [0.05, 0.1) is 27.8 Å². The molecule has 4 rings (SSSR count). The fourth-order valence-electron chi connectivity index (χ4n) is 2.95. The van der Waals surface area contributed by atoms with Crippen molar-refractivity contribution in [2.24, 2.45) is 0 Å². The van der Waals surface area contributed by atoms with E-state index in [9.17, 15) is 14.4 Å². The summed E-state index contributed by atoms with van der Waals surface area (Å²) in [6.45, 7) is 5.49. The number of hydroxylamine groups is 2. The van der Waals surface area contributed by atoms with Crippen LogP contribution in [0.15, 0.2) is 34.9 Å². The molecule has 0 N–H and O–H groups in total. The maximum absolute atomic E-state index is 12.8. The van der Waals surface area contributed by atoms with Crippen molar-refractivity contribution in [2.75, 3.05) is 0 Å². The minimum absolute atomic E-state index is 0.0191. The Kier molecular flexibility index (Phi) is 3.76. The van der Waals surface area contributed by atoms with E-state index in [-0.39, 0.29) is 28.3 Å². The standard InChI is InChI=1S/C19H15N3O5/c1-9(2)14-8-13(15-10(3)21-26-16(15)20-14)19(25)27-22-17(23)11-6-4-5-7-12(11)18(22)24/h4-9H,1-3H3. The Bertz CT molecular complexity index is 1080. The van der Waals surface area contributed by atoms with Gasteiger partial charge in [-0.25, -0.2) is 9.78 Å². The maximum Gasteiger partial charge on any atom is 0.364 e. The number of aryl methyl sites for hydroxylation is 1. The lowest BCUT2D eigenvalue weighted by Crippen LogP contribution is -2.32. The third-order valence-electron chi connectivity index (χ3n) is 4.38. The van der Waals surface area contributed by atoms with Crippen molar-refractivity contribution in [1.82, 2.24) is 15.2 Å². The Morgan fingerprint density at radius 3 is 2.37 bits per heavy atom. The Balaban J connectivity index is 1.73. The van der Waals surface area contributed by atoms with Gasteiger partial charge in [0, 0.05) is 5.69 Å². The van der Waals surface area contributed by atoms with Gasteiger partial charge < -0.3 is 9.36 Å². The summed E-state index contributed by atoms with van der Waals surface area (Å²) in [7, 11) is 0. The van der Waals surface area contributed by atoms with Gasteiger partial charge >= 0.3 is 5.97 Å². The van der Waals surface area contributed by atoms with Gasteiger partial charge in [0.25, 0.3) is 17.5 Å². The lowest BCUT2D eigenvalue weighted by atomic mass is 10.0. The van der Waals surface area contributed by atoms with Gasteiger partial charge in [-0.1, -0.05) is 36.2 Å². The van der Waals surface area contributed by atoms with Gasteiger partial charge in [0.2, 0.25) is 0 Å². The largest absolute Gasteiger partial charge is 0.364 e. The van der Waals surface area contributed by atoms with E-state index in [1.54, 1.807) is 25.1 Å². The van der Waals surface area contributed by atoms with Crippen molar-refractivity contribution in [3.8, 4) is 0 Å². The highest BCUT2D eigenvalue weighted by molar-refractivity contribution is 6.21. The van der Waals surface area contributed by atoms with E-state index < -0.39 is 17.8 Å². The molecule has 0 radical (unpaired) electrons. The summed E-state index contributed by atoms with van der Waals surface area (Å²) in [6, 6.07) is 7.86. The number of aromatic nitrogens is 2. The number of hydrogen-bond donors (Lipinski definition) is 0. The molecule has 1 aliphatic rings. The van der Waals surface area contributed by atoms with Crippen LogP contribution in [0.2, 0.25) is 0 Å². The topological polar surface area (TPSA) is 103 Å². The Morgan fingerprint density at radius 1 is 1.15 bits per heavy atom. The molecule has 3 heterocycles. The molecule has 8 nitrogen and oxygen atoms in total. The second kappa shape index (κ2) is 6.01. The summed E-state index contributed by atoms with van der Waals surface area (Å²) >= 11 is 0. The average Bonchev–Trinajstić information content (AvgIpc) is 3.15. The van der Waals surface area contributed by atoms with Crippen LogP contribution in [0.5, 0.6) is 0 Å². The lowest BCUT2D eigenvalue weighted by Gasteiger charge is -2.14. The van der Waals surface area contributed by atoms with E-state index in [0.29, 0.717) is 21.8 Å². The molecule has 0 bridgehead atoms. The maximum atomic E-state index is 12.8. The molecule has 1 aromatic carbocycles. The molecular formula is C19H15N3O5. The van der Waals surface area contributed by atoms with Crippen LogP contribution in [-0.2, 0) is 4.84 Å². The van der Waals surface area contributed by atoms with Gasteiger partial charge in [0.15, 0.2) is 0 Å². The number of nitrogens with zero attached hydrogens (tertiary/aromatic N) is 3. The Morgan fingerprint density at radius 2 is 1.78 bits per heavy atom. The first-order valence-corrected chi connectivity index (χ1v) is 8.35. The first-order valence-electron chi connectivity index (χ1n) is 8.35. The average molecular weight is 365 g/mol. The van der Waals surface area contributed by atoms with Crippen LogP contribution < -0.4 is 0 Å². The molecule has 27 heavy (non-hydrogen) atoms. The molecule has 0 spiro atoms. The van der Waals surface area contributed by atoms with E-state index in [2.05, 4.69) is 10.1 Å². The number of hydrogen-bond acceptors (Lipinski definition) is 7. The van der Waals surface area contributed by atoms with E-state index in [4.69, 9.17) is 9.36 Å². The van der Waals surface area contributed by atoms with Crippen molar-refractivity contribution in [1.29, 1.82) is 0 Å². The molecule has 2 amide bonds. The van der Waals surface area contributed by atoms with Gasteiger partial charge in [-0.15, -0.1) is 0 Å². The van der Waals surface area contributed by atoms with Gasteiger partial charge in [-0.2, -0.15) is 0 Å². The molecule has 0 atom stereocenters. The van der Waals surface area contributed by atoms with Crippen molar-refractivity contribution in [2.45, 2.75) is 26.7 Å². The summed E-state index contributed by atoms with van der Waals surface area (Å²) < 4.78 is 5.18. The highest BCUT2D eigenvalue weighted by Gasteiger charge is 2.39. The number of benzene rings is 1. The number of imide groups is 1. The Labute approximate surface area is 153 Å². The summed E-state index contributed by atoms with van der Waals surface area (Å²) in [4.78, 5) is 47.2. The second-order valence-corrected chi connectivity index (χ2v) is 6.53. The highest BCUT2D eigenvalue weighted by atomic mass is 16.7. The van der Waals surface area contributed by atoms with Crippen LogP contribution >= 0.6 is 0 Å². The van der Waals surface area contributed by atoms with E-state index in [1.165, 1.54) is 12.1 Å². The van der Waals surface area contributed by atoms with Crippen LogP contribution in [0.3, 0.4) is 0 Å². The summed E-state index contributed by atoms with van der Waals surface area (Å²) in [6.07, 6.45) is 0. The molecule has 0 aliphatic carbocycles. The number of rotatable bonds is 3. The minimum Gasteiger partial charge on any atom is -0.336 e. The normalized spacial score (nSPS) is 13.6. The third-order valence-corrected chi connectivity index (χ3v) is 4.38. The molecule has 0 saturated carbocycles. The molecule has 0 saturated heterocycles. The van der Waals surface area contributed by atoms with Crippen LogP contribution in [0.25, 0.3) is 11.1 Å². The second-order valence-electron chi connectivity index (χ2n) is 6.53. The summed E-state index contributed by atoms with van der Waals surface area (Å²) in [5.41, 5.74) is 1.79. The zero-order valence-corrected chi connectivity index (χ0v) is 14.8. The van der Waals surface area contributed by atoms with Gasteiger partial charge in [0.1, 0.15) is 0 Å². The van der Waals surface area contributed by atoms with Crippen LogP contribution in [0.4, 0.5) is 0 Å². The zero-order chi connectivity index (χ0) is 19.3. The molecule has 8 heteroatoms. The van der Waals surface area contributed by atoms with Gasteiger partial charge in [-0.3, -0.25) is 9.59 Å². The van der Waals surface area contributed by atoms with Crippen LogP contribution in [0.1, 0.15) is 62.2 Å². The highest BCUT2D eigenvalue weighted by Crippen LogP contribution is 2.28. The number of carbonyl (C=O) groups is 3. The minimum atomic E-state index is -0.856. The smallest absolute Gasteiger partial charge is 0.336 e. The number of carbonyl (C=O) groups excluding carboxylic acids is 3. The SMILES string of the molecule is Cc1noc2nc(C(C)C)cc(C(=O)ON3C(=O)c4ccccc4C3=O)c12. The van der Waals surface area contributed by atoms with Crippen molar-refractivity contribution in [3.63, 3.8) is 0 Å². The van der Waals surface area contributed by atoms with Crippen LogP contribution in [-0.4, -0.2) is 33.0 Å². The fraction of sp³-hybridized carbons (Fsp3) is 0.211. The predicted molar refractivity (Wildman–Crippen MR) is 93.0 cm³/mol. The molecule has 2 aromatic heterocycles. The number of fused-ring (bicyclic) bond motifs is 2. The molecule has 0 unspecified atom stereocenters. The summed E-state index contributed by atoms with van der Waals surface area (Å²) in [5, 5.41) is 4.71. The van der Waals surface area contributed by atoms with E-state index in [0.717, 1.165) is 0 Å². The third kappa shape index (κ3) is 2.57. The monoisotopic (exact) mass is 365 g/mol. The van der Waals surface area contributed by atoms with E-state index in [1.807, 2.05) is 13.8 Å². The zero-order valence-electron chi connectivity index (χ0n) is 14.8. The fourth-order valence-corrected chi connectivity index (χ4v) is 2.95. The first kappa shape index (κ1) is 16.9. The number of pyridine rings is 1. The molecule has 1 aliphatic heterocycles. The predicted octanol–water partition coefficient (Wildman–Crippen LogP) is 3.02. The molecule has 0 fully saturated rings. The van der Waals surface area contributed by atoms with Crippen molar-refractivity contribution in [3.05, 3.63) is 58.4 Å². The lowest BCUT2D eigenvalue weighted by molar-refractivity contribution is -0.0583. The molecular weight excluding hydrogens is 350 g/mol. The first-order chi connectivity index (χ1) is 12.9. The van der Waals surface area contributed by atoms with E-state index >= 15 is 0 Å². The van der Waals surface area contributed by atoms with Crippen molar-refractivity contribution >= 4 is 28.9 Å². The van der Waals surface area contributed by atoms with Crippen molar-refractivity contribution < 1.29 is 23.7 Å².